The molecule has 0 saturated heterocycles. The number of amides is 1. The monoisotopic (exact) mass is 379 g/mol. The molecule has 28 heavy (non-hydrogen) atoms. The first kappa shape index (κ1) is 19.9. The van der Waals surface area contributed by atoms with Crippen LogP contribution in [0.3, 0.4) is 0 Å². The van der Waals surface area contributed by atoms with Crippen LogP contribution in [0, 0.1) is 19.8 Å². The summed E-state index contributed by atoms with van der Waals surface area (Å²) in [5.41, 5.74) is 4.17. The lowest BCUT2D eigenvalue weighted by atomic mass is 10.1. The molecule has 1 atom stereocenters. The van der Waals surface area contributed by atoms with E-state index in [0.29, 0.717) is 5.92 Å². The highest BCUT2D eigenvalue weighted by atomic mass is 16.5. The average Bonchev–Trinajstić information content (AvgIpc) is 3.00. The fourth-order valence-electron chi connectivity index (χ4n) is 3.34. The van der Waals surface area contributed by atoms with Crippen molar-refractivity contribution in [1.82, 2.24) is 14.9 Å². The van der Waals surface area contributed by atoms with E-state index in [1.807, 2.05) is 57.2 Å². The maximum Gasteiger partial charge on any atom is 0.258 e. The predicted molar refractivity (Wildman–Crippen MR) is 113 cm³/mol. The number of hydrogen-bond donors (Lipinski definition) is 1. The molecule has 5 heteroatoms. The average molecular weight is 380 g/mol. The Labute approximate surface area is 166 Å². The zero-order chi connectivity index (χ0) is 20.3. The summed E-state index contributed by atoms with van der Waals surface area (Å²) in [6.07, 6.45) is 0. The van der Waals surface area contributed by atoms with Gasteiger partial charge in [0.15, 0.2) is 6.61 Å². The number of imidazole rings is 1. The molecule has 2 aromatic carbocycles. The van der Waals surface area contributed by atoms with Crippen LogP contribution in [0.25, 0.3) is 11.0 Å². The van der Waals surface area contributed by atoms with Crippen LogP contribution in [0.5, 0.6) is 5.75 Å². The zero-order valence-corrected chi connectivity index (χ0v) is 17.3. The fraction of sp³-hybridized carbons (Fsp3) is 0.391. The van der Waals surface area contributed by atoms with Gasteiger partial charge in [-0.2, -0.15) is 0 Å². The van der Waals surface area contributed by atoms with Crippen LogP contribution in [-0.2, 0) is 11.3 Å². The lowest BCUT2D eigenvalue weighted by Gasteiger charge is -2.18. The second kappa shape index (κ2) is 8.46. The molecule has 0 saturated carbocycles. The van der Waals surface area contributed by atoms with Gasteiger partial charge < -0.3 is 14.6 Å². The van der Waals surface area contributed by atoms with E-state index in [-0.39, 0.29) is 18.6 Å². The van der Waals surface area contributed by atoms with E-state index in [1.165, 1.54) is 0 Å². The zero-order valence-electron chi connectivity index (χ0n) is 17.3. The molecule has 0 bridgehead atoms. The number of para-hydroxylation sites is 2. The largest absolute Gasteiger partial charge is 0.483 e. The van der Waals surface area contributed by atoms with E-state index in [1.54, 1.807) is 0 Å². The van der Waals surface area contributed by atoms with Gasteiger partial charge in [0.25, 0.3) is 5.91 Å². The topological polar surface area (TPSA) is 56.1 Å². The number of nitrogens with one attached hydrogen (secondary N) is 1. The Morgan fingerprint density at radius 3 is 2.64 bits per heavy atom. The summed E-state index contributed by atoms with van der Waals surface area (Å²) < 4.78 is 7.94. The first-order valence-electron chi connectivity index (χ1n) is 9.79. The third kappa shape index (κ3) is 4.53. The molecular formula is C23H29N3O2. The second-order valence-corrected chi connectivity index (χ2v) is 7.81. The van der Waals surface area contributed by atoms with E-state index in [4.69, 9.17) is 9.72 Å². The van der Waals surface area contributed by atoms with Gasteiger partial charge in [-0.25, -0.2) is 4.98 Å². The van der Waals surface area contributed by atoms with Crippen LogP contribution < -0.4 is 10.1 Å². The first-order valence-corrected chi connectivity index (χ1v) is 9.79. The number of aryl methyl sites for hydroxylation is 2. The number of nitrogens with zero attached hydrogens (tertiary/aromatic N) is 2. The van der Waals surface area contributed by atoms with Crippen molar-refractivity contribution in [2.75, 3.05) is 6.61 Å². The van der Waals surface area contributed by atoms with E-state index in [2.05, 4.69) is 29.8 Å². The first-order chi connectivity index (χ1) is 13.3. The molecule has 3 rings (SSSR count). The second-order valence-electron chi connectivity index (χ2n) is 7.81. The normalized spacial score (nSPS) is 12.4. The summed E-state index contributed by atoms with van der Waals surface area (Å²) >= 11 is 0. The highest BCUT2D eigenvalue weighted by Crippen LogP contribution is 2.22. The molecular weight excluding hydrogens is 350 g/mol. The Hall–Kier alpha value is -2.82. The third-order valence-electron chi connectivity index (χ3n) is 4.70. The molecule has 0 fully saturated rings. The predicted octanol–water partition coefficient (Wildman–Crippen LogP) is 4.57. The molecule has 0 aliphatic carbocycles. The van der Waals surface area contributed by atoms with Crippen LogP contribution in [0.4, 0.5) is 0 Å². The molecule has 1 N–H and O–H groups in total. The fourth-order valence-corrected chi connectivity index (χ4v) is 3.34. The summed E-state index contributed by atoms with van der Waals surface area (Å²) in [5, 5.41) is 3.03. The highest BCUT2D eigenvalue weighted by Gasteiger charge is 2.19. The number of ether oxygens (including phenoxy) is 1. The van der Waals surface area contributed by atoms with Gasteiger partial charge >= 0.3 is 0 Å². The number of carbonyl (C=O) groups excluding carboxylic acids is 1. The maximum atomic E-state index is 12.5. The summed E-state index contributed by atoms with van der Waals surface area (Å²) in [7, 11) is 0. The minimum atomic E-state index is -0.208. The number of benzene rings is 2. The van der Waals surface area contributed by atoms with Crippen molar-refractivity contribution in [3.8, 4) is 5.75 Å². The van der Waals surface area contributed by atoms with Gasteiger partial charge in [0.05, 0.1) is 17.1 Å². The standard InChI is InChI=1S/C23H29N3O2/c1-15(2)13-26-20-9-7-6-8-19(20)25-23(26)18(5)24-22(27)14-28-21-12-16(3)10-11-17(21)4/h6-12,15,18H,13-14H2,1-5H3,(H,24,27). The molecule has 0 aliphatic rings. The van der Waals surface area contributed by atoms with Crippen LogP contribution >= 0.6 is 0 Å². The molecule has 1 heterocycles. The number of carbonyl (C=O) groups is 1. The van der Waals surface area contributed by atoms with Gasteiger partial charge in [-0.1, -0.05) is 38.1 Å². The Balaban J connectivity index is 1.72. The van der Waals surface area contributed by atoms with Crippen molar-refractivity contribution in [1.29, 1.82) is 0 Å². The Morgan fingerprint density at radius 2 is 1.89 bits per heavy atom. The Morgan fingerprint density at radius 1 is 1.14 bits per heavy atom. The van der Waals surface area contributed by atoms with Gasteiger partial charge in [0, 0.05) is 6.54 Å². The summed E-state index contributed by atoms with van der Waals surface area (Å²) in [4.78, 5) is 17.2. The molecule has 0 radical (unpaired) electrons. The van der Waals surface area contributed by atoms with Crippen LogP contribution in [0.2, 0.25) is 0 Å². The van der Waals surface area contributed by atoms with E-state index in [0.717, 1.165) is 40.3 Å². The van der Waals surface area contributed by atoms with E-state index < -0.39 is 0 Å². The molecule has 5 nitrogen and oxygen atoms in total. The van der Waals surface area contributed by atoms with Crippen LogP contribution in [0.1, 0.15) is 43.8 Å². The number of aromatic nitrogens is 2. The number of hydrogen-bond acceptors (Lipinski definition) is 3. The minimum Gasteiger partial charge on any atom is -0.483 e. The van der Waals surface area contributed by atoms with Gasteiger partial charge in [0.1, 0.15) is 11.6 Å². The molecule has 148 valence electrons. The molecule has 0 spiro atoms. The van der Waals surface area contributed by atoms with E-state index >= 15 is 0 Å². The van der Waals surface area contributed by atoms with Crippen molar-refractivity contribution < 1.29 is 9.53 Å². The number of rotatable bonds is 7. The van der Waals surface area contributed by atoms with Crippen molar-refractivity contribution in [2.45, 2.75) is 47.2 Å². The number of fused-ring (bicyclic) bond motifs is 1. The lowest BCUT2D eigenvalue weighted by molar-refractivity contribution is -0.123. The van der Waals surface area contributed by atoms with Crippen molar-refractivity contribution in [3.63, 3.8) is 0 Å². The van der Waals surface area contributed by atoms with Crippen molar-refractivity contribution >= 4 is 16.9 Å². The SMILES string of the molecule is Cc1ccc(C)c(OCC(=O)NC(C)c2nc3ccccc3n2CC(C)C)c1. The Bertz CT molecular complexity index is 975. The Kier molecular flexibility index (Phi) is 6.02. The van der Waals surface area contributed by atoms with Crippen molar-refractivity contribution in [2.24, 2.45) is 5.92 Å². The van der Waals surface area contributed by atoms with E-state index in [9.17, 15) is 4.79 Å². The maximum absolute atomic E-state index is 12.5. The van der Waals surface area contributed by atoms with Crippen LogP contribution in [0.15, 0.2) is 42.5 Å². The van der Waals surface area contributed by atoms with Gasteiger partial charge in [0.2, 0.25) is 0 Å². The summed E-state index contributed by atoms with van der Waals surface area (Å²) in [6.45, 7) is 11.2. The molecule has 1 unspecified atom stereocenters. The molecule has 0 aliphatic heterocycles. The molecule has 1 aromatic heterocycles. The highest BCUT2D eigenvalue weighted by molar-refractivity contribution is 5.79. The smallest absolute Gasteiger partial charge is 0.258 e. The summed E-state index contributed by atoms with van der Waals surface area (Å²) in [5.74, 6) is 1.94. The minimum absolute atomic E-state index is 0.0148. The molecule has 3 aromatic rings. The van der Waals surface area contributed by atoms with Gasteiger partial charge in [-0.05, 0) is 56.0 Å². The summed E-state index contributed by atoms with van der Waals surface area (Å²) in [6, 6.07) is 13.9. The van der Waals surface area contributed by atoms with Crippen molar-refractivity contribution in [3.05, 3.63) is 59.4 Å². The van der Waals surface area contributed by atoms with Gasteiger partial charge in [-0.15, -0.1) is 0 Å². The van der Waals surface area contributed by atoms with Crippen LogP contribution in [-0.4, -0.2) is 22.1 Å². The molecule has 1 amide bonds. The lowest BCUT2D eigenvalue weighted by Crippen LogP contribution is -2.33. The quantitative estimate of drug-likeness (QED) is 0.654. The van der Waals surface area contributed by atoms with Gasteiger partial charge in [-0.3, -0.25) is 4.79 Å². The third-order valence-corrected chi connectivity index (χ3v) is 4.70.